The third kappa shape index (κ3) is 5.18. The molecular weight excluding hydrogens is 354 g/mol. The fourth-order valence-corrected chi connectivity index (χ4v) is 2.12. The number of nitro benzene ring substituents is 1. The van der Waals surface area contributed by atoms with E-state index in [0.717, 1.165) is 18.7 Å². The highest BCUT2D eigenvalue weighted by Crippen LogP contribution is 2.33. The number of carbonyl (C=O) groups excluding carboxylic acids is 1. The van der Waals surface area contributed by atoms with Crippen molar-refractivity contribution in [2.24, 2.45) is 5.10 Å². The van der Waals surface area contributed by atoms with E-state index in [1.165, 1.54) is 13.2 Å². The normalized spacial score (nSPS) is 10.6. The molecule has 0 atom stereocenters. The summed E-state index contributed by atoms with van der Waals surface area (Å²) in [6.07, 6.45) is 1.98. The molecule has 27 heavy (non-hydrogen) atoms. The van der Waals surface area contributed by atoms with Gasteiger partial charge in [-0.1, -0.05) is 6.92 Å². The van der Waals surface area contributed by atoms with Crippen LogP contribution in [0.3, 0.4) is 0 Å². The van der Waals surface area contributed by atoms with Crippen molar-refractivity contribution < 1.29 is 24.3 Å². The second-order valence-electron chi connectivity index (χ2n) is 5.41. The Kier molecular flexibility index (Phi) is 6.70. The van der Waals surface area contributed by atoms with Crippen molar-refractivity contribution in [3.63, 3.8) is 0 Å². The van der Waals surface area contributed by atoms with Gasteiger partial charge in [-0.25, -0.2) is 5.43 Å². The van der Waals surface area contributed by atoms with Crippen LogP contribution in [-0.4, -0.2) is 35.9 Å². The molecular formula is C18H19N3O6. The zero-order valence-corrected chi connectivity index (χ0v) is 14.8. The lowest BCUT2D eigenvalue weighted by molar-refractivity contribution is -0.385. The number of nitrogens with zero attached hydrogens (tertiary/aromatic N) is 2. The van der Waals surface area contributed by atoms with Gasteiger partial charge in [0.1, 0.15) is 11.5 Å². The topological polar surface area (TPSA) is 123 Å². The number of nitro groups is 1. The molecule has 2 N–H and O–H groups in total. The molecule has 0 bridgehead atoms. The molecule has 2 aromatic rings. The molecule has 0 aliphatic rings. The summed E-state index contributed by atoms with van der Waals surface area (Å²) in [7, 11) is 1.34. The summed E-state index contributed by atoms with van der Waals surface area (Å²) in [4.78, 5) is 22.3. The van der Waals surface area contributed by atoms with Crippen molar-refractivity contribution in [2.75, 3.05) is 13.7 Å². The number of phenols is 1. The molecule has 9 nitrogen and oxygen atoms in total. The lowest BCUT2D eigenvalue weighted by Gasteiger charge is -2.06. The Morgan fingerprint density at radius 1 is 1.30 bits per heavy atom. The van der Waals surface area contributed by atoms with Gasteiger partial charge in [-0.15, -0.1) is 0 Å². The maximum absolute atomic E-state index is 12.1. The molecule has 1 amide bonds. The minimum Gasteiger partial charge on any atom is -0.502 e. The minimum absolute atomic E-state index is 0.0321. The van der Waals surface area contributed by atoms with Crippen molar-refractivity contribution in [3.05, 3.63) is 57.6 Å². The van der Waals surface area contributed by atoms with Gasteiger partial charge < -0.3 is 14.6 Å². The van der Waals surface area contributed by atoms with Crippen LogP contribution >= 0.6 is 0 Å². The first-order valence-electron chi connectivity index (χ1n) is 8.08. The van der Waals surface area contributed by atoms with Crippen LogP contribution in [0.15, 0.2) is 41.5 Å². The standard InChI is InChI=1S/C18H19N3O6/c1-3-8-27-14-6-4-12(5-7-14)18(23)20-19-11-13-9-15(26-2)10-16(17(13)22)21(24)25/h4-7,9-11,22H,3,8H2,1-2H3,(H,20,23)/b19-11-. The summed E-state index contributed by atoms with van der Waals surface area (Å²) in [5.41, 5.74) is 2.16. The Balaban J connectivity index is 2.09. The number of nitrogens with one attached hydrogen (secondary N) is 1. The number of amides is 1. The Bertz CT molecular complexity index is 849. The predicted molar refractivity (Wildman–Crippen MR) is 98.6 cm³/mol. The fourth-order valence-electron chi connectivity index (χ4n) is 2.12. The van der Waals surface area contributed by atoms with E-state index in [4.69, 9.17) is 9.47 Å². The Morgan fingerprint density at radius 3 is 2.59 bits per heavy atom. The molecule has 0 fully saturated rings. The van der Waals surface area contributed by atoms with E-state index >= 15 is 0 Å². The number of phenolic OH excluding ortho intramolecular Hbond substituents is 1. The quantitative estimate of drug-likeness (QED) is 0.417. The lowest BCUT2D eigenvalue weighted by Crippen LogP contribution is -2.17. The molecule has 0 aromatic heterocycles. The van der Waals surface area contributed by atoms with Crippen molar-refractivity contribution in [1.29, 1.82) is 0 Å². The first-order valence-corrected chi connectivity index (χ1v) is 8.08. The third-order valence-corrected chi connectivity index (χ3v) is 3.48. The van der Waals surface area contributed by atoms with Crippen LogP contribution in [-0.2, 0) is 0 Å². The van der Waals surface area contributed by atoms with E-state index in [9.17, 15) is 20.0 Å². The van der Waals surface area contributed by atoms with E-state index in [1.54, 1.807) is 24.3 Å². The van der Waals surface area contributed by atoms with Gasteiger partial charge in [0.25, 0.3) is 5.91 Å². The molecule has 0 saturated heterocycles. The summed E-state index contributed by atoms with van der Waals surface area (Å²) < 4.78 is 10.4. The molecule has 2 rings (SSSR count). The van der Waals surface area contributed by atoms with Gasteiger partial charge in [-0.3, -0.25) is 14.9 Å². The Morgan fingerprint density at radius 2 is 2.00 bits per heavy atom. The lowest BCUT2D eigenvalue weighted by atomic mass is 10.1. The smallest absolute Gasteiger partial charge is 0.315 e. The predicted octanol–water partition coefficient (Wildman–Crippen LogP) is 2.86. The summed E-state index contributed by atoms with van der Waals surface area (Å²) in [5, 5.41) is 24.6. The number of hydrogen-bond donors (Lipinski definition) is 2. The highest BCUT2D eigenvalue weighted by molar-refractivity contribution is 5.95. The average Bonchev–Trinajstić information content (AvgIpc) is 2.67. The summed E-state index contributed by atoms with van der Waals surface area (Å²) in [5.74, 6) is -0.220. The second kappa shape index (κ2) is 9.18. The van der Waals surface area contributed by atoms with Gasteiger partial charge in [0.2, 0.25) is 5.75 Å². The number of ether oxygens (including phenoxy) is 2. The number of aromatic hydroxyl groups is 1. The van der Waals surface area contributed by atoms with E-state index in [2.05, 4.69) is 10.5 Å². The summed E-state index contributed by atoms with van der Waals surface area (Å²) >= 11 is 0. The summed E-state index contributed by atoms with van der Waals surface area (Å²) in [6, 6.07) is 8.97. The van der Waals surface area contributed by atoms with Gasteiger partial charge in [-0.2, -0.15) is 5.10 Å². The highest BCUT2D eigenvalue weighted by Gasteiger charge is 2.18. The number of hydrogen-bond acceptors (Lipinski definition) is 7. The molecule has 0 aliphatic carbocycles. The van der Waals surface area contributed by atoms with E-state index in [1.807, 2.05) is 6.92 Å². The van der Waals surface area contributed by atoms with Crippen LogP contribution in [0.5, 0.6) is 17.2 Å². The molecule has 0 spiro atoms. The van der Waals surface area contributed by atoms with Gasteiger partial charge >= 0.3 is 5.69 Å². The van der Waals surface area contributed by atoms with Crippen molar-refractivity contribution in [3.8, 4) is 17.2 Å². The average molecular weight is 373 g/mol. The van der Waals surface area contributed by atoms with Crippen LogP contribution in [0.1, 0.15) is 29.3 Å². The number of methoxy groups -OCH3 is 1. The van der Waals surface area contributed by atoms with Crippen molar-refractivity contribution >= 4 is 17.8 Å². The molecule has 0 heterocycles. The number of carbonyl (C=O) groups is 1. The maximum atomic E-state index is 12.1. The van der Waals surface area contributed by atoms with Crippen molar-refractivity contribution in [2.45, 2.75) is 13.3 Å². The van der Waals surface area contributed by atoms with Crippen LogP contribution in [0, 0.1) is 10.1 Å². The molecule has 0 unspecified atom stereocenters. The Labute approximate surface area is 155 Å². The molecule has 0 radical (unpaired) electrons. The molecule has 0 aliphatic heterocycles. The van der Waals surface area contributed by atoms with Crippen LogP contribution in [0.4, 0.5) is 5.69 Å². The largest absolute Gasteiger partial charge is 0.502 e. The number of benzene rings is 2. The van der Waals surface area contributed by atoms with E-state index in [-0.39, 0.29) is 11.3 Å². The minimum atomic E-state index is -0.740. The molecule has 9 heteroatoms. The molecule has 0 saturated carbocycles. The van der Waals surface area contributed by atoms with E-state index in [0.29, 0.717) is 17.9 Å². The van der Waals surface area contributed by atoms with Gasteiger partial charge in [0.05, 0.1) is 30.9 Å². The zero-order valence-electron chi connectivity index (χ0n) is 14.8. The number of hydrazone groups is 1. The van der Waals surface area contributed by atoms with Gasteiger partial charge in [0, 0.05) is 11.1 Å². The zero-order chi connectivity index (χ0) is 19.8. The van der Waals surface area contributed by atoms with Crippen LogP contribution < -0.4 is 14.9 Å². The molecule has 2 aromatic carbocycles. The van der Waals surface area contributed by atoms with Gasteiger partial charge in [-0.05, 0) is 36.8 Å². The summed E-state index contributed by atoms with van der Waals surface area (Å²) in [6.45, 7) is 2.58. The first kappa shape index (κ1) is 19.7. The SMILES string of the molecule is CCCOc1ccc(C(=O)N/N=C\c2cc(OC)cc([N+](=O)[O-])c2O)cc1. The highest BCUT2D eigenvalue weighted by atomic mass is 16.6. The third-order valence-electron chi connectivity index (χ3n) is 3.48. The fraction of sp³-hybridized carbons (Fsp3) is 0.222. The number of rotatable bonds is 8. The molecule has 142 valence electrons. The first-order chi connectivity index (χ1) is 13.0. The second-order valence-corrected chi connectivity index (χ2v) is 5.41. The van der Waals surface area contributed by atoms with E-state index < -0.39 is 22.3 Å². The van der Waals surface area contributed by atoms with Crippen molar-refractivity contribution in [1.82, 2.24) is 5.43 Å². The monoisotopic (exact) mass is 373 g/mol. The maximum Gasteiger partial charge on any atom is 0.315 e. The Hall–Kier alpha value is -3.62. The van der Waals surface area contributed by atoms with Crippen LogP contribution in [0.25, 0.3) is 0 Å². The van der Waals surface area contributed by atoms with Crippen LogP contribution in [0.2, 0.25) is 0 Å². The van der Waals surface area contributed by atoms with Gasteiger partial charge in [0.15, 0.2) is 0 Å².